The first kappa shape index (κ1) is 83.5. The molecule has 0 radical (unpaired) electrons. The molecule has 0 aliphatic carbocycles. The molecular formula is C46H126O18Si17. The Morgan fingerprint density at radius 2 is 0.370 bits per heavy atom. The number of hydrogen-bond donors (Lipinski definition) is 1. The van der Waals surface area contributed by atoms with Gasteiger partial charge in [-0.1, -0.05) is 44.9 Å². The Bertz CT molecular complexity index is 1930. The molecule has 0 unspecified atom stereocenters. The van der Waals surface area contributed by atoms with E-state index < -0.39 is 151 Å². The molecule has 0 aliphatic heterocycles. The molecule has 0 saturated heterocycles. The SMILES string of the molecule is C[Si](C)(C)O[Si](C)(C)O[Si](C)(C)O[Si](C)(C)O[Si](C)(C)O[Si](C)(C)O[Si](C)(C)O[Si](C)(C)O[Si](C)(C)O[Si](C)(C)O[Si](C)(C)O[Si](C)(C)O[Si](C)(C)O[Si](C)(C)O[Si](C)(C)O[Si](C)(C)O[Si](C)(C)CCCCCCCCCCC(=O)O. The van der Waals surface area contributed by atoms with Gasteiger partial charge in [-0.05, 0) is 242 Å². The summed E-state index contributed by atoms with van der Waals surface area (Å²) in [6, 6.07) is 1.09. The predicted molar refractivity (Wildman–Crippen MR) is 374 cm³/mol. The summed E-state index contributed by atoms with van der Waals surface area (Å²) in [7, 11) is -44.9. The number of carboxylic acid groups (broad SMARTS) is 1. The van der Waals surface area contributed by atoms with Crippen molar-refractivity contribution in [3.8, 4) is 0 Å². The van der Waals surface area contributed by atoms with Crippen molar-refractivity contribution in [1.29, 1.82) is 0 Å². The maximum Gasteiger partial charge on any atom is 0.314 e. The van der Waals surface area contributed by atoms with Crippen LogP contribution in [0.5, 0.6) is 0 Å². The Kier molecular flexibility index (Phi) is 31.7. The summed E-state index contributed by atoms with van der Waals surface area (Å²) in [6.07, 6.45) is 9.08. The van der Waals surface area contributed by atoms with Gasteiger partial charge in [-0.3, -0.25) is 4.79 Å². The number of aliphatic carboxylic acids is 1. The predicted octanol–water partition coefficient (Wildman–Crippen LogP) is 16.4. The zero-order valence-corrected chi connectivity index (χ0v) is 75.5. The molecule has 0 amide bonds. The Morgan fingerprint density at radius 1 is 0.222 bits per heavy atom. The number of rotatable bonds is 43. The van der Waals surface area contributed by atoms with Crippen LogP contribution in [0.1, 0.15) is 57.8 Å². The summed E-state index contributed by atoms with van der Waals surface area (Å²) in [4.78, 5) is 10.7. The largest absolute Gasteiger partial charge is 0.481 e. The van der Waals surface area contributed by atoms with Crippen LogP contribution >= 0.6 is 0 Å². The highest BCUT2D eigenvalue weighted by atomic mass is 28.5. The van der Waals surface area contributed by atoms with Crippen molar-refractivity contribution < 1.29 is 75.7 Å². The van der Waals surface area contributed by atoms with Crippen LogP contribution in [-0.2, 0) is 70.6 Å². The van der Waals surface area contributed by atoms with Crippen molar-refractivity contribution in [3.05, 3.63) is 0 Å². The topological polar surface area (TPSA) is 185 Å². The van der Waals surface area contributed by atoms with Crippen molar-refractivity contribution in [2.24, 2.45) is 0 Å². The normalized spacial score (nSPS) is 15.5. The molecule has 0 spiro atoms. The second-order valence-corrected chi connectivity index (χ2v) is 93.5. The molecule has 1 N–H and O–H groups in total. The summed E-state index contributed by atoms with van der Waals surface area (Å²) in [5.41, 5.74) is 0. The molecule has 18 nitrogen and oxygen atoms in total. The first-order valence-electron chi connectivity index (χ1n) is 29.7. The molecule has 0 atom stereocenters. The third-order valence-electron chi connectivity index (χ3n) is 10.9. The van der Waals surface area contributed by atoms with E-state index in [1.54, 1.807) is 0 Å². The summed E-state index contributed by atoms with van der Waals surface area (Å²) in [5, 5.41) is 8.84. The molecule has 81 heavy (non-hydrogen) atoms. The second kappa shape index (κ2) is 30.8. The van der Waals surface area contributed by atoms with Crippen LogP contribution in [0.2, 0.25) is 235 Å². The number of carbonyl (C=O) groups is 1. The highest BCUT2D eigenvalue weighted by Gasteiger charge is 2.53. The van der Waals surface area contributed by atoms with E-state index in [-0.39, 0.29) is 6.42 Å². The van der Waals surface area contributed by atoms with E-state index in [0.29, 0.717) is 0 Å². The zero-order chi connectivity index (χ0) is 64.5. The fraction of sp³-hybridized carbons (Fsp3) is 0.978. The Hall–Kier alpha value is 2.52. The summed E-state index contributed by atoms with van der Waals surface area (Å²) in [5.74, 6) is -0.700. The highest BCUT2D eigenvalue weighted by molar-refractivity contribution is 6.95. The average Bonchev–Trinajstić information content (AvgIpc) is 3.02. The minimum atomic E-state index is -2.84. The van der Waals surface area contributed by atoms with Crippen LogP contribution in [0.3, 0.4) is 0 Å². The lowest BCUT2D eigenvalue weighted by molar-refractivity contribution is -0.137. The van der Waals surface area contributed by atoms with E-state index >= 15 is 0 Å². The third-order valence-corrected chi connectivity index (χ3v) is 76.1. The molecule has 35 heteroatoms. The van der Waals surface area contributed by atoms with Gasteiger partial charge in [0.05, 0.1) is 0 Å². The first-order valence-corrected chi connectivity index (χ1v) is 78.4. The lowest BCUT2D eigenvalue weighted by atomic mass is 10.1. The van der Waals surface area contributed by atoms with Gasteiger partial charge >= 0.3 is 134 Å². The van der Waals surface area contributed by atoms with Gasteiger partial charge in [0, 0.05) is 6.42 Å². The minimum Gasteiger partial charge on any atom is -0.481 e. The van der Waals surface area contributed by atoms with E-state index in [1.165, 1.54) is 25.7 Å². The van der Waals surface area contributed by atoms with E-state index in [9.17, 15) is 4.79 Å². The Labute approximate surface area is 515 Å². The molecule has 0 aromatic rings. The molecule has 0 fully saturated rings. The van der Waals surface area contributed by atoms with E-state index in [4.69, 9.17) is 70.9 Å². The van der Waals surface area contributed by atoms with Crippen LogP contribution in [-0.4, -0.2) is 156 Å². The van der Waals surface area contributed by atoms with Gasteiger partial charge in [0.25, 0.3) is 0 Å². The number of unbranched alkanes of at least 4 members (excludes halogenated alkanes) is 7. The van der Waals surface area contributed by atoms with Gasteiger partial charge < -0.3 is 70.9 Å². The van der Waals surface area contributed by atoms with Gasteiger partial charge in [0.1, 0.15) is 0 Å². The van der Waals surface area contributed by atoms with E-state index in [0.717, 1.165) is 31.7 Å². The number of hydrogen-bond acceptors (Lipinski definition) is 17. The third kappa shape index (κ3) is 42.3. The summed E-state index contributed by atoms with van der Waals surface area (Å²) < 4.78 is 110. The van der Waals surface area contributed by atoms with Crippen LogP contribution in [0.25, 0.3) is 0 Å². The molecule has 0 bridgehead atoms. The fourth-order valence-electron chi connectivity index (χ4n) is 11.9. The van der Waals surface area contributed by atoms with Crippen LogP contribution in [0, 0.1) is 0 Å². The molecule has 0 aromatic heterocycles. The first-order chi connectivity index (χ1) is 35.2. The van der Waals surface area contributed by atoms with Gasteiger partial charge in [-0.25, -0.2) is 0 Å². The van der Waals surface area contributed by atoms with Crippen molar-refractivity contribution >= 4 is 151 Å². The fourth-order valence-corrected chi connectivity index (χ4v) is 99.1. The van der Waals surface area contributed by atoms with Crippen molar-refractivity contribution in [2.45, 2.75) is 293 Å². The lowest BCUT2D eigenvalue weighted by Gasteiger charge is -2.45. The maximum atomic E-state index is 10.7. The van der Waals surface area contributed by atoms with Gasteiger partial charge in [-0.15, -0.1) is 0 Å². The standard InChI is InChI=1S/C46H126O18Si17/c1-65(2,3)49-67(6,7)51-69(10,11)53-71(14,15)55-73(18,19)57-75(22,23)59-77(26,27)61-79(30,31)63-81(34,35)64-80(32,33)62-78(28,29)60-76(24,25)58-74(20,21)56-72(16,17)54-70(12,13)52-68(8,9)50-66(4,5)45-43-41-39-37-36-38-40-42-44-46(47)48/h36-45H2,1-35H3,(H,47,48). The molecule has 486 valence electrons. The van der Waals surface area contributed by atoms with Crippen LogP contribution in [0.4, 0.5) is 0 Å². The average molecular weight is 1440 g/mol. The van der Waals surface area contributed by atoms with E-state index in [1.807, 2.05) is 0 Å². The summed E-state index contributed by atoms with van der Waals surface area (Å²) >= 11 is 0. The Balaban J connectivity index is 5.59. The van der Waals surface area contributed by atoms with E-state index in [2.05, 4.69) is 229 Å². The van der Waals surface area contributed by atoms with Crippen molar-refractivity contribution in [3.63, 3.8) is 0 Å². The molecule has 0 heterocycles. The van der Waals surface area contributed by atoms with Crippen molar-refractivity contribution in [1.82, 2.24) is 0 Å². The van der Waals surface area contributed by atoms with Crippen LogP contribution < -0.4 is 0 Å². The molecule has 0 saturated carbocycles. The maximum absolute atomic E-state index is 10.7. The number of carboxylic acids is 1. The molecule has 0 rings (SSSR count). The quantitative estimate of drug-likeness (QED) is 0.0448. The van der Waals surface area contributed by atoms with Gasteiger partial charge in [0.15, 0.2) is 16.6 Å². The van der Waals surface area contributed by atoms with Crippen molar-refractivity contribution in [2.75, 3.05) is 0 Å². The van der Waals surface area contributed by atoms with Gasteiger partial charge in [-0.2, -0.15) is 0 Å². The Morgan fingerprint density at radius 3 is 0.543 bits per heavy atom. The lowest BCUT2D eigenvalue weighted by Crippen LogP contribution is -2.63. The minimum absolute atomic E-state index is 0.276. The molecule has 0 aromatic carbocycles. The second-order valence-electron chi connectivity index (χ2n) is 30.2. The monoisotopic (exact) mass is 1440 g/mol. The molecular weight excluding hydrogens is 1320 g/mol. The zero-order valence-electron chi connectivity index (χ0n) is 58.5. The highest BCUT2D eigenvalue weighted by Crippen LogP contribution is 2.34. The van der Waals surface area contributed by atoms with Gasteiger partial charge in [0.2, 0.25) is 0 Å². The van der Waals surface area contributed by atoms with Crippen LogP contribution in [0.15, 0.2) is 0 Å². The molecule has 0 aliphatic rings. The smallest absolute Gasteiger partial charge is 0.314 e. The summed E-state index contributed by atoms with van der Waals surface area (Å²) in [6.45, 7) is 73.5.